The second-order valence-corrected chi connectivity index (χ2v) is 9.08. The number of nitrogens with zero attached hydrogens (tertiary/aromatic N) is 3. The number of carbonyl (C=O) groups is 2. The van der Waals surface area contributed by atoms with Crippen LogP contribution in [0.2, 0.25) is 0 Å². The zero-order valence-electron chi connectivity index (χ0n) is 17.9. The summed E-state index contributed by atoms with van der Waals surface area (Å²) >= 11 is 0. The van der Waals surface area contributed by atoms with E-state index >= 15 is 0 Å². The number of benzene rings is 1. The van der Waals surface area contributed by atoms with Crippen molar-refractivity contribution in [1.29, 1.82) is 0 Å². The van der Waals surface area contributed by atoms with Crippen LogP contribution in [0.4, 0.5) is 0 Å². The standard InChI is InChI=1S/C25H30N4O2/c30-23(20-9-10-20)28-16-12-25(13-17-28)27-22(18-19-6-2-1-3-7-19)24(31)29(25)15-11-21-8-4-5-14-26-21/h1-8,14,20,22,27H,9-13,15-18H2. The summed E-state index contributed by atoms with van der Waals surface area (Å²) in [5.74, 6) is 0.722. The van der Waals surface area contributed by atoms with Gasteiger partial charge in [-0.1, -0.05) is 36.4 Å². The van der Waals surface area contributed by atoms with Crippen molar-refractivity contribution in [2.45, 2.75) is 50.2 Å². The smallest absolute Gasteiger partial charge is 0.241 e. The minimum Gasteiger partial charge on any atom is -0.342 e. The minimum atomic E-state index is -0.369. The molecule has 1 unspecified atom stereocenters. The van der Waals surface area contributed by atoms with E-state index in [1.54, 1.807) is 6.20 Å². The van der Waals surface area contributed by atoms with Crippen LogP contribution in [0.3, 0.4) is 0 Å². The van der Waals surface area contributed by atoms with E-state index in [1.807, 2.05) is 46.2 Å². The maximum atomic E-state index is 13.5. The van der Waals surface area contributed by atoms with Gasteiger partial charge in [-0.3, -0.25) is 19.9 Å². The predicted octanol–water partition coefficient (Wildman–Crippen LogP) is 2.40. The van der Waals surface area contributed by atoms with Gasteiger partial charge >= 0.3 is 0 Å². The van der Waals surface area contributed by atoms with E-state index in [1.165, 1.54) is 0 Å². The van der Waals surface area contributed by atoms with E-state index in [0.717, 1.165) is 43.4 Å². The summed E-state index contributed by atoms with van der Waals surface area (Å²) in [5.41, 5.74) is 1.79. The van der Waals surface area contributed by atoms with E-state index in [9.17, 15) is 9.59 Å². The van der Waals surface area contributed by atoms with Crippen molar-refractivity contribution >= 4 is 11.8 Å². The Morgan fingerprint density at radius 1 is 1.06 bits per heavy atom. The lowest BCUT2D eigenvalue weighted by atomic mass is 9.95. The fraction of sp³-hybridized carbons (Fsp3) is 0.480. The first-order valence-electron chi connectivity index (χ1n) is 11.5. The number of aromatic nitrogens is 1. The first-order valence-corrected chi connectivity index (χ1v) is 11.5. The highest BCUT2D eigenvalue weighted by atomic mass is 16.2. The molecule has 5 rings (SSSR count). The molecule has 3 fully saturated rings. The molecular weight excluding hydrogens is 388 g/mol. The van der Waals surface area contributed by atoms with Gasteiger partial charge in [-0.25, -0.2) is 0 Å². The number of likely N-dealkylation sites (tertiary alicyclic amines) is 1. The Balaban J connectivity index is 1.33. The number of carbonyl (C=O) groups excluding carboxylic acids is 2. The number of nitrogens with one attached hydrogen (secondary N) is 1. The Morgan fingerprint density at radius 2 is 1.81 bits per heavy atom. The van der Waals surface area contributed by atoms with Gasteiger partial charge in [-0.05, 0) is 37.0 Å². The molecule has 2 amide bonds. The second kappa shape index (κ2) is 8.42. The molecule has 1 N–H and O–H groups in total. The highest BCUT2D eigenvalue weighted by Gasteiger charge is 2.52. The molecule has 0 bridgehead atoms. The molecule has 0 radical (unpaired) electrons. The molecule has 2 aliphatic heterocycles. The summed E-state index contributed by atoms with van der Waals surface area (Å²) in [6, 6.07) is 15.9. The van der Waals surface area contributed by atoms with Crippen LogP contribution in [0.15, 0.2) is 54.7 Å². The minimum absolute atomic E-state index is 0.168. The SMILES string of the molecule is O=C(C1CC1)N1CCC2(CC1)NC(Cc1ccccc1)C(=O)N2CCc1ccccn1. The Morgan fingerprint density at radius 3 is 2.48 bits per heavy atom. The quantitative estimate of drug-likeness (QED) is 0.782. The molecule has 3 heterocycles. The van der Waals surface area contributed by atoms with Crippen molar-refractivity contribution in [2.24, 2.45) is 5.92 Å². The number of pyridine rings is 1. The molecule has 1 saturated carbocycles. The number of amides is 2. The summed E-state index contributed by atoms with van der Waals surface area (Å²) in [4.78, 5) is 34.5. The van der Waals surface area contributed by atoms with Crippen LogP contribution in [0.5, 0.6) is 0 Å². The molecule has 2 aromatic rings. The molecular formula is C25H30N4O2. The fourth-order valence-corrected chi connectivity index (χ4v) is 5.05. The molecule has 1 aliphatic carbocycles. The Kier molecular flexibility index (Phi) is 5.48. The van der Waals surface area contributed by atoms with E-state index in [0.29, 0.717) is 32.0 Å². The number of piperidine rings is 1. The van der Waals surface area contributed by atoms with Crippen LogP contribution in [0.25, 0.3) is 0 Å². The third kappa shape index (κ3) is 4.22. The maximum Gasteiger partial charge on any atom is 0.241 e. The lowest BCUT2D eigenvalue weighted by Gasteiger charge is -2.44. The predicted molar refractivity (Wildman–Crippen MR) is 118 cm³/mol. The highest BCUT2D eigenvalue weighted by molar-refractivity contribution is 5.86. The van der Waals surface area contributed by atoms with Crippen LogP contribution in [-0.4, -0.2) is 57.9 Å². The van der Waals surface area contributed by atoms with Gasteiger partial charge in [-0.2, -0.15) is 0 Å². The lowest BCUT2D eigenvalue weighted by Crippen LogP contribution is -2.60. The Labute approximate surface area is 183 Å². The molecule has 1 aromatic heterocycles. The van der Waals surface area contributed by atoms with Gasteiger partial charge in [0.25, 0.3) is 0 Å². The molecule has 162 valence electrons. The topological polar surface area (TPSA) is 65.5 Å². The van der Waals surface area contributed by atoms with Gasteiger partial charge in [0, 0.05) is 56.7 Å². The highest BCUT2D eigenvalue weighted by Crippen LogP contribution is 2.36. The largest absolute Gasteiger partial charge is 0.342 e. The normalized spacial score (nSPS) is 22.8. The third-order valence-electron chi connectivity index (χ3n) is 6.95. The average molecular weight is 419 g/mol. The molecule has 3 aliphatic rings. The Hall–Kier alpha value is -2.73. The van der Waals surface area contributed by atoms with Crippen LogP contribution in [0, 0.1) is 5.92 Å². The number of rotatable bonds is 6. The van der Waals surface area contributed by atoms with Crippen molar-refractivity contribution < 1.29 is 9.59 Å². The average Bonchev–Trinajstić information content (AvgIpc) is 3.62. The van der Waals surface area contributed by atoms with Crippen molar-refractivity contribution in [3.63, 3.8) is 0 Å². The third-order valence-corrected chi connectivity index (χ3v) is 6.95. The molecule has 6 nitrogen and oxygen atoms in total. The van der Waals surface area contributed by atoms with Crippen molar-refractivity contribution in [1.82, 2.24) is 20.1 Å². The van der Waals surface area contributed by atoms with E-state index in [4.69, 9.17) is 0 Å². The van der Waals surface area contributed by atoms with Gasteiger partial charge in [0.05, 0.1) is 11.7 Å². The molecule has 31 heavy (non-hydrogen) atoms. The number of hydrogen-bond donors (Lipinski definition) is 1. The van der Waals surface area contributed by atoms with Gasteiger partial charge < -0.3 is 9.80 Å². The summed E-state index contributed by atoms with van der Waals surface area (Å²) in [7, 11) is 0. The summed E-state index contributed by atoms with van der Waals surface area (Å²) < 4.78 is 0. The summed E-state index contributed by atoms with van der Waals surface area (Å²) in [6.07, 6.45) is 6.86. The summed E-state index contributed by atoms with van der Waals surface area (Å²) in [6.45, 7) is 2.08. The first kappa shape index (κ1) is 20.2. The van der Waals surface area contributed by atoms with Crippen LogP contribution in [0.1, 0.15) is 36.9 Å². The maximum absolute atomic E-state index is 13.5. The van der Waals surface area contributed by atoms with Crippen molar-refractivity contribution in [3.05, 3.63) is 66.0 Å². The fourth-order valence-electron chi connectivity index (χ4n) is 5.05. The van der Waals surface area contributed by atoms with Crippen LogP contribution < -0.4 is 5.32 Å². The van der Waals surface area contributed by atoms with E-state index in [-0.39, 0.29) is 23.5 Å². The zero-order valence-corrected chi connectivity index (χ0v) is 17.9. The molecule has 2 saturated heterocycles. The zero-order chi connectivity index (χ0) is 21.3. The van der Waals surface area contributed by atoms with Crippen molar-refractivity contribution in [3.8, 4) is 0 Å². The number of hydrogen-bond acceptors (Lipinski definition) is 4. The molecule has 6 heteroatoms. The van der Waals surface area contributed by atoms with Gasteiger partial charge in [0.1, 0.15) is 0 Å². The first-order chi connectivity index (χ1) is 15.1. The monoisotopic (exact) mass is 418 g/mol. The van der Waals surface area contributed by atoms with E-state index in [2.05, 4.69) is 22.4 Å². The van der Waals surface area contributed by atoms with Gasteiger partial charge in [0.15, 0.2) is 0 Å². The van der Waals surface area contributed by atoms with Gasteiger partial charge in [0.2, 0.25) is 11.8 Å². The van der Waals surface area contributed by atoms with E-state index < -0.39 is 0 Å². The Bertz CT molecular complexity index is 921. The van der Waals surface area contributed by atoms with Gasteiger partial charge in [-0.15, -0.1) is 0 Å². The van der Waals surface area contributed by atoms with Crippen molar-refractivity contribution in [2.75, 3.05) is 19.6 Å². The second-order valence-electron chi connectivity index (χ2n) is 9.08. The van der Waals surface area contributed by atoms with Crippen LogP contribution in [-0.2, 0) is 22.4 Å². The molecule has 1 spiro atoms. The van der Waals surface area contributed by atoms with Crippen LogP contribution >= 0.6 is 0 Å². The molecule has 1 atom stereocenters. The molecule has 1 aromatic carbocycles. The summed E-state index contributed by atoms with van der Waals surface area (Å²) in [5, 5.41) is 3.71. The lowest BCUT2D eigenvalue weighted by molar-refractivity contribution is -0.137.